The molecule has 8 heteroatoms. The van der Waals surface area contributed by atoms with E-state index < -0.39 is 58.5 Å². The van der Waals surface area contributed by atoms with E-state index in [1.54, 1.807) is 19.5 Å². The van der Waals surface area contributed by atoms with Crippen molar-refractivity contribution in [2.24, 2.45) is 16.7 Å². The molecule has 3 aliphatic rings. The number of carbonyl (C=O) groups excluding carboxylic acids is 2. The van der Waals surface area contributed by atoms with Crippen LogP contribution in [0, 0.1) is 16.7 Å². The van der Waals surface area contributed by atoms with Crippen LogP contribution in [0.4, 0.5) is 0 Å². The first-order chi connectivity index (χ1) is 14.1. The van der Waals surface area contributed by atoms with Crippen LogP contribution in [-0.2, 0) is 25.5 Å². The summed E-state index contributed by atoms with van der Waals surface area (Å²) < 4.78 is 16.8. The maximum atomic E-state index is 13.3. The van der Waals surface area contributed by atoms with E-state index in [2.05, 4.69) is 0 Å². The van der Waals surface area contributed by atoms with Crippen molar-refractivity contribution in [1.82, 2.24) is 0 Å². The first-order valence-electron chi connectivity index (χ1n) is 10.5. The summed E-state index contributed by atoms with van der Waals surface area (Å²) in [5.74, 6) is -1.60. The lowest BCUT2D eigenvalue weighted by Crippen LogP contribution is -2.80. The van der Waals surface area contributed by atoms with E-state index in [0.29, 0.717) is 19.3 Å². The van der Waals surface area contributed by atoms with Gasteiger partial charge in [-0.2, -0.15) is 0 Å². The zero-order valence-corrected chi connectivity index (χ0v) is 17.6. The second-order valence-electron chi connectivity index (χ2n) is 9.42. The third kappa shape index (κ3) is 2.42. The average molecular weight is 422 g/mol. The molecule has 166 valence electrons. The van der Waals surface area contributed by atoms with Crippen LogP contribution in [0.2, 0.25) is 0 Å². The molecule has 2 heterocycles. The van der Waals surface area contributed by atoms with E-state index in [4.69, 9.17) is 13.9 Å². The number of aryl methyl sites for hydroxylation is 1. The Morgan fingerprint density at radius 3 is 2.73 bits per heavy atom. The lowest BCUT2D eigenvalue weighted by Gasteiger charge is -2.66. The van der Waals surface area contributed by atoms with Gasteiger partial charge in [-0.25, -0.2) is 0 Å². The molecule has 1 aliphatic heterocycles. The first-order valence-corrected chi connectivity index (χ1v) is 10.5. The van der Waals surface area contributed by atoms with Crippen molar-refractivity contribution in [2.75, 3.05) is 13.2 Å². The zero-order chi connectivity index (χ0) is 21.9. The minimum atomic E-state index is -1.91. The molecule has 1 saturated heterocycles. The lowest BCUT2D eigenvalue weighted by atomic mass is 9.40. The molecule has 0 aromatic carbocycles. The molecule has 1 aromatic heterocycles. The number of carbonyl (C=O) groups is 2. The molecule has 0 radical (unpaired) electrons. The van der Waals surface area contributed by atoms with Gasteiger partial charge in [0.15, 0.2) is 5.78 Å². The highest BCUT2D eigenvalue weighted by atomic mass is 16.6. The summed E-state index contributed by atoms with van der Waals surface area (Å²) in [5, 5.41) is 33.6. The van der Waals surface area contributed by atoms with Gasteiger partial charge >= 0.3 is 5.97 Å². The molecule has 3 N–H and O–H groups in total. The van der Waals surface area contributed by atoms with Gasteiger partial charge in [0.2, 0.25) is 0 Å². The van der Waals surface area contributed by atoms with E-state index in [1.807, 2.05) is 13.0 Å². The number of esters is 1. The molecular formula is C22H30O8. The smallest absolute Gasteiger partial charge is 0.302 e. The summed E-state index contributed by atoms with van der Waals surface area (Å²) in [7, 11) is 0. The van der Waals surface area contributed by atoms with Crippen molar-refractivity contribution in [3.05, 3.63) is 24.2 Å². The average Bonchev–Trinajstić information content (AvgIpc) is 3.29. The van der Waals surface area contributed by atoms with Crippen molar-refractivity contribution < 1.29 is 38.8 Å². The Labute approximate surface area is 175 Å². The largest absolute Gasteiger partial charge is 0.472 e. The number of rotatable bonds is 5. The van der Waals surface area contributed by atoms with Gasteiger partial charge in [-0.1, -0.05) is 13.8 Å². The van der Waals surface area contributed by atoms with Gasteiger partial charge in [-0.3, -0.25) is 9.59 Å². The molecule has 4 rings (SSSR count). The highest BCUT2D eigenvalue weighted by Crippen LogP contribution is 2.70. The standard InChI is InChI=1S/C22H30O8/c1-13-17(25)18(26)20(11-29-14(2)23)21(27)12-30-22(20,8-5-16(21)24)19(13,3)7-4-15-6-9-28-10-15/h6,9-10,13,16,18,24,26-27H,4-5,7-8,11-12H2,1-3H3/t13-,16+,18+,19+,20+,21-,22+/m1/s1. The number of hydrogen-bond acceptors (Lipinski definition) is 8. The Morgan fingerprint density at radius 2 is 2.10 bits per heavy atom. The topological polar surface area (TPSA) is 126 Å². The Hall–Kier alpha value is -1.74. The van der Waals surface area contributed by atoms with E-state index in [9.17, 15) is 24.9 Å². The number of Topliss-reactive ketones (excluding diaryl/α,β-unsaturated/α-hetero) is 1. The minimum Gasteiger partial charge on any atom is -0.472 e. The van der Waals surface area contributed by atoms with Crippen molar-refractivity contribution in [2.45, 2.75) is 69.9 Å². The highest BCUT2D eigenvalue weighted by Gasteiger charge is 2.84. The zero-order valence-electron chi connectivity index (χ0n) is 17.6. The normalized spacial score (nSPS) is 45.3. The van der Waals surface area contributed by atoms with E-state index in [0.717, 1.165) is 5.56 Å². The maximum Gasteiger partial charge on any atom is 0.302 e. The minimum absolute atomic E-state index is 0.242. The van der Waals surface area contributed by atoms with Gasteiger partial charge in [0.25, 0.3) is 0 Å². The van der Waals surface area contributed by atoms with Gasteiger partial charge in [0, 0.05) is 18.3 Å². The molecule has 2 saturated carbocycles. The number of furan rings is 1. The maximum absolute atomic E-state index is 13.3. The molecule has 0 amide bonds. The quantitative estimate of drug-likeness (QED) is 0.600. The van der Waals surface area contributed by atoms with E-state index >= 15 is 0 Å². The van der Waals surface area contributed by atoms with Crippen LogP contribution in [0.15, 0.2) is 23.0 Å². The van der Waals surface area contributed by atoms with Gasteiger partial charge < -0.3 is 29.2 Å². The Morgan fingerprint density at radius 1 is 1.37 bits per heavy atom. The van der Waals surface area contributed by atoms with E-state index in [-0.39, 0.29) is 13.0 Å². The van der Waals surface area contributed by atoms with Crippen LogP contribution in [-0.4, -0.2) is 63.7 Å². The van der Waals surface area contributed by atoms with Gasteiger partial charge in [-0.05, 0) is 37.3 Å². The molecular weight excluding hydrogens is 392 g/mol. The summed E-state index contributed by atoms with van der Waals surface area (Å²) in [6, 6.07) is 1.85. The summed E-state index contributed by atoms with van der Waals surface area (Å²) in [6.45, 7) is 4.29. The fraction of sp³-hybridized carbons (Fsp3) is 0.727. The van der Waals surface area contributed by atoms with Crippen molar-refractivity contribution in [3.63, 3.8) is 0 Å². The monoisotopic (exact) mass is 422 g/mol. The van der Waals surface area contributed by atoms with Crippen LogP contribution in [0.1, 0.15) is 45.6 Å². The summed E-state index contributed by atoms with van der Waals surface area (Å²) >= 11 is 0. The number of aliphatic hydroxyl groups excluding tert-OH is 2. The Balaban J connectivity index is 1.87. The van der Waals surface area contributed by atoms with Crippen LogP contribution < -0.4 is 0 Å². The fourth-order valence-electron chi connectivity index (χ4n) is 6.46. The summed E-state index contributed by atoms with van der Waals surface area (Å²) in [5.41, 5.74) is -4.54. The van der Waals surface area contributed by atoms with Gasteiger partial charge in [0.05, 0.1) is 30.8 Å². The molecule has 2 aliphatic carbocycles. The molecule has 2 bridgehead atoms. The Bertz CT molecular complexity index is 832. The first kappa shape index (κ1) is 21.5. The number of hydrogen-bond donors (Lipinski definition) is 3. The summed E-state index contributed by atoms with van der Waals surface area (Å²) in [4.78, 5) is 25.0. The van der Waals surface area contributed by atoms with E-state index in [1.165, 1.54) is 6.92 Å². The predicted molar refractivity (Wildman–Crippen MR) is 103 cm³/mol. The molecule has 30 heavy (non-hydrogen) atoms. The number of ether oxygens (including phenoxy) is 2. The molecule has 1 aromatic rings. The molecule has 0 spiro atoms. The van der Waals surface area contributed by atoms with Gasteiger partial charge in [-0.15, -0.1) is 0 Å². The number of ketones is 1. The van der Waals surface area contributed by atoms with Crippen molar-refractivity contribution >= 4 is 11.8 Å². The SMILES string of the molecule is CC(=O)OC[C@@]12[C@@H](O)C(=O)[C@@H](C)[C@](C)(CCc3ccoc3)[C@@]13CC[C@H](O)[C@]2(O)CO3. The predicted octanol–water partition coefficient (Wildman–Crippen LogP) is 1.00. The third-order valence-corrected chi connectivity index (χ3v) is 8.41. The molecule has 3 fully saturated rings. The second-order valence-corrected chi connectivity index (χ2v) is 9.42. The van der Waals surface area contributed by atoms with Crippen LogP contribution in [0.5, 0.6) is 0 Å². The summed E-state index contributed by atoms with van der Waals surface area (Å²) in [6.07, 6.45) is 2.11. The van der Waals surface area contributed by atoms with Crippen LogP contribution >= 0.6 is 0 Å². The van der Waals surface area contributed by atoms with Crippen LogP contribution in [0.25, 0.3) is 0 Å². The molecule has 7 atom stereocenters. The van der Waals surface area contributed by atoms with Crippen molar-refractivity contribution in [3.8, 4) is 0 Å². The molecule has 0 unspecified atom stereocenters. The third-order valence-electron chi connectivity index (χ3n) is 8.41. The second kappa shape index (κ2) is 6.88. The molecule has 8 nitrogen and oxygen atoms in total. The van der Waals surface area contributed by atoms with Gasteiger partial charge in [0.1, 0.15) is 23.7 Å². The number of aliphatic hydroxyl groups is 3. The fourth-order valence-corrected chi connectivity index (χ4v) is 6.46. The Kier molecular flexibility index (Phi) is 4.93. The highest BCUT2D eigenvalue weighted by molar-refractivity contribution is 5.89. The lowest BCUT2D eigenvalue weighted by molar-refractivity contribution is -0.288. The van der Waals surface area contributed by atoms with Crippen LogP contribution in [0.3, 0.4) is 0 Å². The van der Waals surface area contributed by atoms with Crippen molar-refractivity contribution in [1.29, 1.82) is 0 Å².